The number of azide groups is 1. The Kier molecular flexibility index (Phi) is 25.4. The monoisotopic (exact) mass is 895 g/mol. The molecule has 0 bridgehead atoms. The number of nitrogens with zero attached hydrogens (tertiary/aromatic N) is 5. The van der Waals surface area contributed by atoms with Gasteiger partial charge >= 0.3 is 0 Å². The van der Waals surface area contributed by atoms with Gasteiger partial charge < -0.3 is 61.5 Å². The van der Waals surface area contributed by atoms with Gasteiger partial charge in [0.15, 0.2) is 12.3 Å². The second-order valence-corrected chi connectivity index (χ2v) is 15.8. The zero-order valence-electron chi connectivity index (χ0n) is 37.8. The number of nitrogens with two attached hydrogens (primary N) is 1. The van der Waals surface area contributed by atoms with E-state index in [1.807, 2.05) is 0 Å². The zero-order valence-corrected chi connectivity index (χ0v) is 38.6. The Labute approximate surface area is 380 Å². The first-order chi connectivity index (χ1) is 30.2. The second-order valence-electron chi connectivity index (χ2n) is 15.8. The Hall–Kier alpha value is -4.12. The van der Waals surface area contributed by atoms with E-state index in [4.69, 9.17) is 44.4 Å². The Morgan fingerprint density at radius 3 is 1.97 bits per heavy atom. The molecular formula is C47H70ClN7O8. The molecule has 2 aromatic rings. The van der Waals surface area contributed by atoms with Crippen LogP contribution in [0.15, 0.2) is 89.7 Å². The number of hydrogen-bond donors (Lipinski definition) is 2. The molecule has 2 heterocycles. The number of halogens is 1. The molecule has 0 aliphatic carbocycles. The third kappa shape index (κ3) is 17.4. The van der Waals surface area contributed by atoms with Crippen molar-refractivity contribution in [3.8, 4) is 0 Å². The number of benzene rings is 2. The quantitative estimate of drug-likeness (QED) is 0.0271. The molecule has 0 fully saturated rings. The van der Waals surface area contributed by atoms with Crippen LogP contribution >= 0.6 is 0 Å². The average Bonchev–Trinajstić information content (AvgIpc) is 3.62. The summed E-state index contributed by atoms with van der Waals surface area (Å²) < 4.78 is 42.1. The molecular weight excluding hydrogens is 826 g/mol. The van der Waals surface area contributed by atoms with Crippen molar-refractivity contribution in [2.75, 3.05) is 130 Å². The highest BCUT2D eigenvalue weighted by atomic mass is 35.5. The number of allylic oxidation sites excluding steroid dienone is 6. The minimum absolute atomic E-state index is 0. The highest BCUT2D eigenvalue weighted by molar-refractivity contribution is 6.03. The molecule has 2 aliphatic heterocycles. The maximum Gasteiger partial charge on any atom is 0.222 e. The summed E-state index contributed by atoms with van der Waals surface area (Å²) in [5.41, 5.74) is 20.9. The first kappa shape index (κ1) is 53.2. The van der Waals surface area contributed by atoms with Gasteiger partial charge in [-0.1, -0.05) is 73.6 Å². The molecule has 4 rings (SSSR count). The van der Waals surface area contributed by atoms with E-state index in [9.17, 15) is 4.79 Å². The van der Waals surface area contributed by atoms with E-state index in [-0.39, 0.29) is 29.1 Å². The minimum Gasteiger partial charge on any atom is -1.00 e. The number of amides is 1. The lowest BCUT2D eigenvalue weighted by Crippen LogP contribution is -3.00. The number of nitrogens with one attached hydrogen (secondary N) is 1. The van der Waals surface area contributed by atoms with Gasteiger partial charge in [0.1, 0.15) is 6.61 Å². The molecule has 3 N–H and O–H groups in total. The normalized spacial score (nSPS) is 15.6. The van der Waals surface area contributed by atoms with Crippen LogP contribution in [-0.4, -0.2) is 141 Å². The van der Waals surface area contributed by atoms with E-state index in [1.165, 1.54) is 33.9 Å². The van der Waals surface area contributed by atoms with Crippen LogP contribution in [0.4, 0.5) is 11.4 Å². The van der Waals surface area contributed by atoms with E-state index >= 15 is 0 Å². The summed E-state index contributed by atoms with van der Waals surface area (Å²) in [7, 11) is 0. The average molecular weight is 897 g/mol. The molecule has 63 heavy (non-hydrogen) atoms. The predicted octanol–water partition coefficient (Wildman–Crippen LogP) is 3.14. The molecule has 2 aliphatic rings. The standard InChI is InChI=1S/C47H69N7O8.ClH/c1-46(2)39-13-8-10-15-41(39)53(23-27-58-31-35-61-34-30-57-26-22-51-52-49)43(46)17-6-5-7-18-44-47(3,4)40-14-9-11-16-42(40)54(44)24-28-59-32-36-62-38-37-60-33-29-56-25-19-45(55)50-21-12-20-48;/h5-11,13-18H,12,19-38,48H2,1-4H3;1H. The van der Waals surface area contributed by atoms with Crippen molar-refractivity contribution >= 4 is 23.0 Å². The van der Waals surface area contributed by atoms with Crippen LogP contribution in [0.25, 0.3) is 10.4 Å². The maximum absolute atomic E-state index is 11.7. The molecule has 0 atom stereocenters. The van der Waals surface area contributed by atoms with Crippen molar-refractivity contribution in [3.05, 3.63) is 106 Å². The molecule has 1 amide bonds. The molecule has 348 valence electrons. The first-order valence-corrected chi connectivity index (χ1v) is 21.9. The number of carbonyl (C=O) groups is 1. The predicted molar refractivity (Wildman–Crippen MR) is 243 cm³/mol. The minimum atomic E-state index is -0.175. The first-order valence-electron chi connectivity index (χ1n) is 21.9. The smallest absolute Gasteiger partial charge is 0.222 e. The number of carbonyl (C=O) groups excluding carboxylic acids is 1. The number of anilines is 1. The Morgan fingerprint density at radius 2 is 1.32 bits per heavy atom. The van der Waals surface area contributed by atoms with Crippen LogP contribution in [0.1, 0.15) is 51.7 Å². The van der Waals surface area contributed by atoms with Gasteiger partial charge in [0.2, 0.25) is 11.6 Å². The molecule has 16 heteroatoms. The van der Waals surface area contributed by atoms with Crippen LogP contribution in [0.2, 0.25) is 0 Å². The van der Waals surface area contributed by atoms with Crippen molar-refractivity contribution in [1.82, 2.24) is 5.32 Å². The van der Waals surface area contributed by atoms with Gasteiger partial charge in [-0.3, -0.25) is 4.79 Å². The fraction of sp³-hybridized carbons (Fsp3) is 0.574. The molecule has 15 nitrogen and oxygen atoms in total. The topological polar surface area (TPSA) is 175 Å². The molecule has 2 aromatic carbocycles. The van der Waals surface area contributed by atoms with Gasteiger partial charge in [-0.15, -0.1) is 0 Å². The Bertz CT molecular complexity index is 1830. The lowest BCUT2D eigenvalue weighted by Gasteiger charge is -2.27. The van der Waals surface area contributed by atoms with E-state index in [0.29, 0.717) is 119 Å². The van der Waals surface area contributed by atoms with Crippen molar-refractivity contribution in [3.63, 3.8) is 0 Å². The fourth-order valence-electron chi connectivity index (χ4n) is 7.47. The van der Waals surface area contributed by atoms with Crippen molar-refractivity contribution in [2.24, 2.45) is 10.8 Å². The fourth-order valence-corrected chi connectivity index (χ4v) is 7.47. The highest BCUT2D eigenvalue weighted by Gasteiger charge is 2.44. The molecule has 0 spiro atoms. The summed E-state index contributed by atoms with van der Waals surface area (Å²) in [6.07, 6.45) is 11.9. The summed E-state index contributed by atoms with van der Waals surface area (Å²) in [5, 5.41) is 6.25. The lowest BCUT2D eigenvalue weighted by atomic mass is 9.81. The zero-order chi connectivity index (χ0) is 44.3. The molecule has 0 aromatic heterocycles. The van der Waals surface area contributed by atoms with Crippen LogP contribution < -0.4 is 28.4 Å². The number of hydrogen-bond acceptors (Lipinski definition) is 11. The Morgan fingerprint density at radius 1 is 0.746 bits per heavy atom. The third-order valence-corrected chi connectivity index (χ3v) is 10.7. The number of rotatable bonds is 33. The number of para-hydroxylation sites is 2. The van der Waals surface area contributed by atoms with Crippen LogP contribution in [0.3, 0.4) is 0 Å². The molecule has 0 saturated carbocycles. The van der Waals surface area contributed by atoms with Gasteiger partial charge in [0.25, 0.3) is 0 Å². The van der Waals surface area contributed by atoms with Gasteiger partial charge in [-0.05, 0) is 50.1 Å². The third-order valence-electron chi connectivity index (χ3n) is 10.7. The number of fused-ring (bicyclic) bond motifs is 2. The summed E-state index contributed by atoms with van der Waals surface area (Å²) in [6.45, 7) is 18.6. The summed E-state index contributed by atoms with van der Waals surface area (Å²) in [4.78, 5) is 16.7. The SMILES string of the molecule is CC1(C)C(/C=C/C=C/C=C2\N(CCOCCOCCOCCN=[N+]=[N-])c3ccccc3C2(C)C)=[N+](CCOCCOCCOCCOCCC(=O)NCCCN)c2ccccc21.[Cl-]. The lowest BCUT2D eigenvalue weighted by molar-refractivity contribution is -0.442. The van der Waals surface area contributed by atoms with Gasteiger partial charge in [-0.25, -0.2) is 0 Å². The number of ether oxygens (including phenoxy) is 7. The van der Waals surface area contributed by atoms with Crippen LogP contribution in [-0.2, 0) is 48.8 Å². The van der Waals surface area contributed by atoms with Gasteiger partial charge in [-0.2, -0.15) is 4.58 Å². The molecule has 0 unspecified atom stereocenters. The summed E-state index contributed by atoms with van der Waals surface area (Å²) in [6, 6.07) is 17.2. The van der Waals surface area contributed by atoms with E-state index in [2.05, 4.69) is 131 Å². The van der Waals surface area contributed by atoms with Crippen molar-refractivity contribution < 1.29 is 54.9 Å². The molecule has 0 radical (unpaired) electrons. The second kappa shape index (κ2) is 30.1. The van der Waals surface area contributed by atoms with Gasteiger partial charge in [0.05, 0.1) is 91.3 Å². The Balaban J connectivity index is 0.0000106. The summed E-state index contributed by atoms with van der Waals surface area (Å²) in [5.74, 6) is -0.0274. The van der Waals surface area contributed by atoms with E-state index in [0.717, 1.165) is 19.5 Å². The largest absolute Gasteiger partial charge is 1.00 e. The highest BCUT2D eigenvalue weighted by Crippen LogP contribution is 2.47. The van der Waals surface area contributed by atoms with Crippen molar-refractivity contribution in [1.29, 1.82) is 0 Å². The summed E-state index contributed by atoms with van der Waals surface area (Å²) >= 11 is 0. The van der Waals surface area contributed by atoms with Crippen LogP contribution in [0, 0.1) is 0 Å². The molecule has 0 saturated heterocycles. The van der Waals surface area contributed by atoms with E-state index in [1.54, 1.807) is 0 Å². The maximum atomic E-state index is 11.7. The van der Waals surface area contributed by atoms with Crippen molar-refractivity contribution in [2.45, 2.75) is 51.4 Å². The van der Waals surface area contributed by atoms with Crippen LogP contribution in [0.5, 0.6) is 0 Å². The van der Waals surface area contributed by atoms with Gasteiger partial charge in [0, 0.05) is 65.5 Å². The van der Waals surface area contributed by atoms with E-state index < -0.39 is 0 Å².